The van der Waals surface area contributed by atoms with Crippen LogP contribution >= 0.6 is 0 Å². The van der Waals surface area contributed by atoms with Gasteiger partial charge in [0.2, 0.25) is 5.16 Å². The highest BCUT2D eigenvalue weighted by molar-refractivity contribution is 7.85. The van der Waals surface area contributed by atoms with Crippen molar-refractivity contribution in [2.45, 2.75) is 31.5 Å². The summed E-state index contributed by atoms with van der Waals surface area (Å²) in [5.74, 6) is 0. The van der Waals surface area contributed by atoms with Crippen molar-refractivity contribution in [2.24, 2.45) is 0 Å². The summed E-state index contributed by atoms with van der Waals surface area (Å²) in [5, 5.41) is -0.395. The van der Waals surface area contributed by atoms with Gasteiger partial charge < -0.3 is 9.12 Å². The van der Waals surface area contributed by atoms with Crippen molar-refractivity contribution < 1.29 is 13.0 Å². The second kappa shape index (κ2) is 4.12. The fraction of sp³-hybridized carbons (Fsp3) is 0.364. The topological polar surface area (TPSA) is 75.0 Å². The summed E-state index contributed by atoms with van der Waals surface area (Å²) in [6.07, 6.45) is 0.725. The molecule has 0 spiro atoms. The first kappa shape index (κ1) is 12.1. The van der Waals surface area contributed by atoms with Crippen LogP contribution in [0.4, 0.5) is 0 Å². The van der Waals surface area contributed by atoms with Gasteiger partial charge in [-0.3, -0.25) is 0 Å². The van der Waals surface area contributed by atoms with Gasteiger partial charge in [0, 0.05) is 6.04 Å². The highest BCUT2D eigenvalue weighted by atomic mass is 32.2. The first-order valence-corrected chi connectivity index (χ1v) is 6.79. The van der Waals surface area contributed by atoms with Gasteiger partial charge in [0.05, 0.1) is 11.0 Å². The molecule has 17 heavy (non-hydrogen) atoms. The Bertz CT molecular complexity index is 646. The maximum absolute atomic E-state index is 11.2. The minimum atomic E-state index is -4.55. The molecule has 2 aromatic rings. The summed E-state index contributed by atoms with van der Waals surface area (Å²) in [4.78, 5) is 3.92. The molecule has 0 aliphatic carbocycles. The molecular weight excluding hydrogens is 240 g/mol. The van der Waals surface area contributed by atoms with Crippen molar-refractivity contribution in [3.8, 4) is 0 Å². The number of imidazole rings is 1. The van der Waals surface area contributed by atoms with Crippen LogP contribution in [0.1, 0.15) is 26.3 Å². The minimum absolute atomic E-state index is 0.0823. The molecule has 1 aromatic carbocycles. The predicted molar refractivity (Wildman–Crippen MR) is 62.7 cm³/mol. The molecule has 1 heterocycles. The van der Waals surface area contributed by atoms with E-state index in [1.807, 2.05) is 13.8 Å². The van der Waals surface area contributed by atoms with Crippen LogP contribution in [-0.4, -0.2) is 22.5 Å². The van der Waals surface area contributed by atoms with Gasteiger partial charge in [-0.15, -0.1) is 0 Å². The Morgan fingerprint density at radius 2 is 2.06 bits per heavy atom. The lowest BCUT2D eigenvalue weighted by atomic mass is 10.2. The molecule has 0 fully saturated rings. The van der Waals surface area contributed by atoms with Gasteiger partial charge in [0.25, 0.3) is 0 Å². The molecule has 0 saturated carbocycles. The number of benzene rings is 1. The molecule has 2 rings (SSSR count). The molecule has 0 bridgehead atoms. The predicted octanol–water partition coefficient (Wildman–Crippen LogP) is 1.91. The van der Waals surface area contributed by atoms with E-state index >= 15 is 0 Å². The Morgan fingerprint density at radius 1 is 1.41 bits per heavy atom. The van der Waals surface area contributed by atoms with Crippen LogP contribution in [-0.2, 0) is 10.1 Å². The second-order valence-corrected chi connectivity index (χ2v) is 5.24. The van der Waals surface area contributed by atoms with Crippen LogP contribution in [0.25, 0.3) is 11.0 Å². The highest BCUT2D eigenvalue weighted by Gasteiger charge is 2.18. The monoisotopic (exact) mass is 253 g/mol. The maximum Gasteiger partial charge on any atom is 0.216 e. The average Bonchev–Trinajstić information content (AvgIpc) is 2.67. The third kappa shape index (κ3) is 2.05. The van der Waals surface area contributed by atoms with Crippen LogP contribution in [0.3, 0.4) is 0 Å². The van der Waals surface area contributed by atoms with E-state index in [1.54, 1.807) is 24.3 Å². The summed E-state index contributed by atoms with van der Waals surface area (Å²) in [6.45, 7) is 3.80. The molecule has 0 unspecified atom stereocenters. The zero-order valence-corrected chi connectivity index (χ0v) is 10.4. The molecule has 0 saturated heterocycles. The van der Waals surface area contributed by atoms with Gasteiger partial charge in [-0.1, -0.05) is 19.1 Å². The lowest BCUT2D eigenvalue weighted by Crippen LogP contribution is -2.13. The Balaban J connectivity index is 2.83. The zero-order chi connectivity index (χ0) is 12.6. The normalized spacial score (nSPS) is 14.1. The highest BCUT2D eigenvalue weighted by Crippen LogP contribution is 2.25. The Hall–Kier alpha value is -1.40. The Morgan fingerprint density at radius 3 is 2.65 bits per heavy atom. The summed E-state index contributed by atoms with van der Waals surface area (Å²) in [5.41, 5.74) is 1.21. The van der Waals surface area contributed by atoms with Gasteiger partial charge in [-0.05, 0) is 25.5 Å². The Labute approximate surface area is 99.8 Å². The summed E-state index contributed by atoms with van der Waals surface area (Å²) < 4.78 is 35.1. The van der Waals surface area contributed by atoms with Crippen molar-refractivity contribution >= 4 is 21.2 Å². The number of nitrogens with zero attached hydrogens (tertiary/aromatic N) is 2. The second-order valence-electron chi connectivity index (χ2n) is 3.96. The maximum atomic E-state index is 11.2. The third-order valence-electron chi connectivity index (χ3n) is 2.82. The Kier molecular flexibility index (Phi) is 2.92. The van der Waals surface area contributed by atoms with E-state index in [2.05, 4.69) is 4.98 Å². The van der Waals surface area contributed by atoms with Gasteiger partial charge in [0.1, 0.15) is 0 Å². The summed E-state index contributed by atoms with van der Waals surface area (Å²) in [7, 11) is -4.55. The van der Waals surface area contributed by atoms with Crippen LogP contribution in [0, 0.1) is 0 Å². The fourth-order valence-electron chi connectivity index (χ4n) is 1.81. The lowest BCUT2D eigenvalue weighted by molar-refractivity contribution is 0.429. The van der Waals surface area contributed by atoms with E-state index in [0.717, 1.165) is 6.42 Å². The van der Waals surface area contributed by atoms with E-state index in [4.69, 9.17) is 0 Å². The first-order valence-electron chi connectivity index (χ1n) is 5.38. The molecule has 0 aliphatic rings. The smallest absolute Gasteiger partial charge is 0.216 e. The molecule has 1 aromatic heterocycles. The first-order chi connectivity index (χ1) is 7.95. The molecule has 92 valence electrons. The largest absolute Gasteiger partial charge is 0.742 e. The molecule has 0 radical (unpaired) electrons. The van der Waals surface area contributed by atoms with Crippen LogP contribution in [0.15, 0.2) is 29.4 Å². The number of hydrogen-bond donors (Lipinski definition) is 0. The number of fused-ring (bicyclic) bond motifs is 1. The van der Waals surface area contributed by atoms with Crippen molar-refractivity contribution in [1.29, 1.82) is 0 Å². The number of para-hydroxylation sites is 2. The van der Waals surface area contributed by atoms with Crippen molar-refractivity contribution in [2.75, 3.05) is 0 Å². The molecule has 5 nitrogen and oxygen atoms in total. The standard InChI is InChI=1S/C11H14N2O3S/c1-3-8(2)13-10-7-5-4-6-9(10)12-11(13)17(14,15)16/h4-8H,3H2,1-2H3,(H,14,15,16)/p-1/t8-/m0/s1. The number of rotatable bonds is 3. The van der Waals surface area contributed by atoms with Gasteiger partial charge in [-0.2, -0.15) is 0 Å². The minimum Gasteiger partial charge on any atom is -0.742 e. The summed E-state index contributed by atoms with van der Waals surface area (Å²) in [6, 6.07) is 6.94. The SMILES string of the molecule is CC[C@H](C)n1c(S(=O)(=O)[O-])nc2ccccc21. The molecule has 0 N–H and O–H groups in total. The average molecular weight is 253 g/mol. The van der Waals surface area contributed by atoms with Crippen LogP contribution < -0.4 is 0 Å². The van der Waals surface area contributed by atoms with E-state index in [1.165, 1.54) is 4.57 Å². The van der Waals surface area contributed by atoms with Crippen molar-refractivity contribution in [3.63, 3.8) is 0 Å². The molecule has 6 heteroatoms. The van der Waals surface area contributed by atoms with Crippen LogP contribution in [0.2, 0.25) is 0 Å². The number of aromatic nitrogens is 2. The number of hydrogen-bond acceptors (Lipinski definition) is 4. The molecule has 0 aliphatic heterocycles. The van der Waals surface area contributed by atoms with Gasteiger partial charge in [0.15, 0.2) is 10.1 Å². The zero-order valence-electron chi connectivity index (χ0n) is 9.62. The molecule has 1 atom stereocenters. The van der Waals surface area contributed by atoms with E-state index < -0.39 is 15.3 Å². The van der Waals surface area contributed by atoms with Crippen molar-refractivity contribution in [1.82, 2.24) is 9.55 Å². The molecular formula is C11H13N2O3S-. The lowest BCUT2D eigenvalue weighted by Gasteiger charge is -2.16. The van der Waals surface area contributed by atoms with Crippen LogP contribution in [0.5, 0.6) is 0 Å². The van der Waals surface area contributed by atoms with Crippen molar-refractivity contribution in [3.05, 3.63) is 24.3 Å². The quantitative estimate of drug-likeness (QED) is 0.783. The molecule has 0 amide bonds. The van der Waals surface area contributed by atoms with E-state index in [-0.39, 0.29) is 6.04 Å². The van der Waals surface area contributed by atoms with Gasteiger partial charge >= 0.3 is 0 Å². The van der Waals surface area contributed by atoms with E-state index in [9.17, 15) is 13.0 Å². The summed E-state index contributed by atoms with van der Waals surface area (Å²) >= 11 is 0. The van der Waals surface area contributed by atoms with E-state index in [0.29, 0.717) is 11.0 Å². The van der Waals surface area contributed by atoms with Gasteiger partial charge in [-0.25, -0.2) is 13.4 Å². The fourth-order valence-corrected chi connectivity index (χ4v) is 2.54. The third-order valence-corrected chi connectivity index (χ3v) is 3.55.